The van der Waals surface area contributed by atoms with Gasteiger partial charge < -0.3 is 4.80 Å². The van der Waals surface area contributed by atoms with Crippen molar-refractivity contribution in [2.45, 2.75) is 19.8 Å². The molecule has 0 aliphatic rings. The molecule has 19 heavy (non-hydrogen) atoms. The number of rotatable bonds is 5. The van der Waals surface area contributed by atoms with Gasteiger partial charge in [0.25, 0.3) is 8.32 Å². The summed E-state index contributed by atoms with van der Waals surface area (Å²) in [6, 6.07) is 20.0. The van der Waals surface area contributed by atoms with Crippen LogP contribution in [0, 0.1) is 0 Å². The van der Waals surface area contributed by atoms with Crippen LogP contribution in [-0.2, 0) is 0 Å². The van der Waals surface area contributed by atoms with E-state index in [2.05, 4.69) is 13.0 Å². The van der Waals surface area contributed by atoms with Crippen molar-refractivity contribution in [3.8, 4) is 0 Å². The lowest BCUT2D eigenvalue weighted by Gasteiger charge is -2.22. The molecule has 1 nitrogen and oxygen atoms in total. The second-order valence-electron chi connectivity index (χ2n) is 4.69. The van der Waals surface area contributed by atoms with Crippen LogP contribution in [-0.4, -0.2) is 13.1 Å². The molecule has 0 saturated carbocycles. The summed E-state index contributed by atoms with van der Waals surface area (Å²) in [5, 5.41) is 2.07. The molecule has 0 aliphatic heterocycles. The predicted octanol–water partition coefficient (Wildman–Crippen LogP) is 2.63. The second-order valence-corrected chi connectivity index (χ2v) is 7.71. The largest absolute Gasteiger partial charge is 0.421 e. The highest BCUT2D eigenvalue weighted by Crippen LogP contribution is 2.05. The molecule has 0 aliphatic carbocycles. The molecule has 0 aromatic heterocycles. The van der Waals surface area contributed by atoms with Gasteiger partial charge in [0, 0.05) is 0 Å². The van der Waals surface area contributed by atoms with Crippen LogP contribution in [0.5, 0.6) is 0 Å². The maximum absolute atomic E-state index is 11.2. The quantitative estimate of drug-likeness (QED) is 0.827. The lowest BCUT2D eigenvalue weighted by Crippen LogP contribution is -2.57. The first kappa shape index (κ1) is 13.8. The Morgan fingerprint density at radius 2 is 1.37 bits per heavy atom. The Morgan fingerprint density at radius 3 is 1.79 bits per heavy atom. The first-order valence-corrected chi connectivity index (χ1v) is 8.81. The van der Waals surface area contributed by atoms with Gasteiger partial charge >= 0.3 is 0 Å². The van der Waals surface area contributed by atoms with Gasteiger partial charge in [0.15, 0.2) is 0 Å². The SMILES string of the molecule is CCC/C=C\[Si](O)(c1ccccc1)c1ccccc1. The van der Waals surface area contributed by atoms with Crippen LogP contribution < -0.4 is 10.4 Å². The van der Waals surface area contributed by atoms with Crippen molar-refractivity contribution >= 4 is 18.7 Å². The lowest BCUT2D eigenvalue weighted by atomic mass is 10.3. The Labute approximate surface area is 116 Å². The zero-order valence-corrected chi connectivity index (χ0v) is 12.3. The smallest absolute Gasteiger partial charge is 0.277 e. The molecule has 2 aromatic carbocycles. The van der Waals surface area contributed by atoms with Crippen LogP contribution in [0.1, 0.15) is 19.8 Å². The van der Waals surface area contributed by atoms with Crippen molar-refractivity contribution in [2.24, 2.45) is 0 Å². The summed E-state index contributed by atoms with van der Waals surface area (Å²) < 4.78 is 0. The molecule has 2 rings (SSSR count). The topological polar surface area (TPSA) is 20.2 Å². The van der Waals surface area contributed by atoms with Crippen molar-refractivity contribution in [3.05, 3.63) is 72.4 Å². The van der Waals surface area contributed by atoms with E-state index >= 15 is 0 Å². The molecule has 0 unspecified atom stereocenters. The zero-order valence-electron chi connectivity index (χ0n) is 11.3. The number of unbranched alkanes of at least 4 members (excludes halogenated alkanes) is 1. The third-order valence-corrected chi connectivity index (χ3v) is 6.39. The minimum absolute atomic E-state index is 1.01. The summed E-state index contributed by atoms with van der Waals surface area (Å²) in [6.07, 6.45) is 4.23. The minimum atomic E-state index is -2.72. The predicted molar refractivity (Wildman–Crippen MR) is 84.2 cm³/mol. The summed E-state index contributed by atoms with van der Waals surface area (Å²) in [5.41, 5.74) is 2.04. The first-order chi connectivity index (χ1) is 9.27. The first-order valence-electron chi connectivity index (χ1n) is 6.78. The highest BCUT2D eigenvalue weighted by Gasteiger charge is 2.32. The monoisotopic (exact) mass is 268 g/mol. The van der Waals surface area contributed by atoms with Crippen molar-refractivity contribution < 1.29 is 4.80 Å². The molecule has 0 spiro atoms. The minimum Gasteiger partial charge on any atom is -0.421 e. The second kappa shape index (κ2) is 6.50. The number of allylic oxidation sites excluding steroid dienone is 1. The molecular weight excluding hydrogens is 248 g/mol. The van der Waals surface area contributed by atoms with E-state index in [9.17, 15) is 4.80 Å². The maximum Gasteiger partial charge on any atom is 0.277 e. The van der Waals surface area contributed by atoms with Crippen LogP contribution in [0.25, 0.3) is 0 Å². The van der Waals surface area contributed by atoms with Gasteiger partial charge in [-0.3, -0.25) is 0 Å². The van der Waals surface area contributed by atoms with E-state index in [0.29, 0.717) is 0 Å². The fourth-order valence-electron chi connectivity index (χ4n) is 2.16. The normalized spacial score (nSPS) is 11.9. The van der Waals surface area contributed by atoms with Gasteiger partial charge in [-0.25, -0.2) is 0 Å². The van der Waals surface area contributed by atoms with Gasteiger partial charge in [0.1, 0.15) is 0 Å². The van der Waals surface area contributed by atoms with E-state index in [1.165, 1.54) is 0 Å². The third-order valence-electron chi connectivity index (χ3n) is 3.24. The summed E-state index contributed by atoms with van der Waals surface area (Å²) in [6.45, 7) is 2.15. The summed E-state index contributed by atoms with van der Waals surface area (Å²) in [4.78, 5) is 11.2. The van der Waals surface area contributed by atoms with E-state index in [0.717, 1.165) is 23.2 Å². The van der Waals surface area contributed by atoms with Gasteiger partial charge in [-0.15, -0.1) is 0 Å². The average Bonchev–Trinajstić information content (AvgIpc) is 2.49. The van der Waals surface area contributed by atoms with Crippen LogP contribution in [0.3, 0.4) is 0 Å². The third kappa shape index (κ3) is 3.22. The van der Waals surface area contributed by atoms with Gasteiger partial charge in [0.05, 0.1) is 0 Å². The summed E-state index contributed by atoms with van der Waals surface area (Å²) >= 11 is 0. The van der Waals surface area contributed by atoms with Gasteiger partial charge in [-0.2, -0.15) is 0 Å². The molecule has 0 heterocycles. The Morgan fingerprint density at radius 1 is 0.895 bits per heavy atom. The molecule has 0 amide bonds. The molecule has 0 fully saturated rings. The Hall–Kier alpha value is -1.64. The molecule has 98 valence electrons. The van der Waals surface area contributed by atoms with Gasteiger partial charge in [0.2, 0.25) is 0 Å². The standard InChI is InChI=1S/C17H20OSi/c1-2-3-10-15-19(18,16-11-6-4-7-12-16)17-13-8-5-9-14-17/h4-15,18H,2-3H2,1H3/b15-10-. The fourth-order valence-corrected chi connectivity index (χ4v) is 4.79. The lowest BCUT2D eigenvalue weighted by molar-refractivity contribution is 0.581. The highest BCUT2D eigenvalue weighted by atomic mass is 28.4. The number of hydrogen-bond acceptors (Lipinski definition) is 1. The number of benzene rings is 2. The fraction of sp³-hybridized carbons (Fsp3) is 0.176. The highest BCUT2D eigenvalue weighted by molar-refractivity contribution is 7.00. The summed E-state index contributed by atoms with van der Waals surface area (Å²) in [7, 11) is -2.72. The van der Waals surface area contributed by atoms with Crippen molar-refractivity contribution in [1.29, 1.82) is 0 Å². The molecule has 2 aromatic rings. The van der Waals surface area contributed by atoms with Gasteiger partial charge in [-0.05, 0) is 16.8 Å². The van der Waals surface area contributed by atoms with E-state index in [1.807, 2.05) is 66.4 Å². The van der Waals surface area contributed by atoms with E-state index in [-0.39, 0.29) is 0 Å². The Balaban J connectivity index is 2.45. The Kier molecular flexibility index (Phi) is 4.72. The molecule has 1 N–H and O–H groups in total. The molecule has 0 atom stereocenters. The zero-order chi connectivity index (χ0) is 13.6. The molecule has 0 bridgehead atoms. The van der Waals surface area contributed by atoms with E-state index in [1.54, 1.807) is 0 Å². The van der Waals surface area contributed by atoms with E-state index < -0.39 is 8.32 Å². The number of hydrogen-bond donors (Lipinski definition) is 1. The van der Waals surface area contributed by atoms with Crippen LogP contribution in [0.4, 0.5) is 0 Å². The summed E-state index contributed by atoms with van der Waals surface area (Å²) in [5.74, 6) is 0. The van der Waals surface area contributed by atoms with E-state index in [4.69, 9.17) is 0 Å². The van der Waals surface area contributed by atoms with Gasteiger partial charge in [-0.1, -0.05) is 85.8 Å². The maximum atomic E-state index is 11.2. The molecule has 0 radical (unpaired) electrons. The Bertz CT molecular complexity index is 480. The van der Waals surface area contributed by atoms with Crippen molar-refractivity contribution in [2.75, 3.05) is 0 Å². The average molecular weight is 268 g/mol. The molecule has 2 heteroatoms. The molecular formula is C17H20OSi. The van der Waals surface area contributed by atoms with Crippen molar-refractivity contribution in [3.63, 3.8) is 0 Å². The van der Waals surface area contributed by atoms with Crippen LogP contribution in [0.2, 0.25) is 0 Å². The van der Waals surface area contributed by atoms with Crippen LogP contribution >= 0.6 is 0 Å². The van der Waals surface area contributed by atoms with Crippen molar-refractivity contribution in [1.82, 2.24) is 0 Å². The molecule has 0 saturated heterocycles. The van der Waals surface area contributed by atoms with Crippen LogP contribution in [0.15, 0.2) is 72.4 Å².